The molecule has 1 saturated heterocycles. The molecule has 0 aliphatic carbocycles. The number of rotatable bonds is 6. The van der Waals surface area contributed by atoms with Crippen molar-refractivity contribution in [1.82, 2.24) is 15.1 Å². The molecule has 0 aromatic heterocycles. The number of likely N-dealkylation sites (N-methyl/N-ethyl adjacent to an activating group) is 2. The van der Waals surface area contributed by atoms with Crippen LogP contribution in [0.2, 0.25) is 0 Å². The quantitative estimate of drug-likeness (QED) is 0.602. The maximum Gasteiger partial charge on any atom is 0.193 e. The zero-order valence-electron chi connectivity index (χ0n) is 15.6. The van der Waals surface area contributed by atoms with Crippen molar-refractivity contribution in [3.05, 3.63) is 0 Å². The Bertz CT molecular complexity index is 351. The van der Waals surface area contributed by atoms with E-state index in [1.54, 1.807) is 7.11 Å². The molecule has 1 rings (SSSR count). The Labute approximate surface area is 137 Å². The normalized spacial score (nSPS) is 22.0. The van der Waals surface area contributed by atoms with Gasteiger partial charge in [0.05, 0.1) is 6.10 Å². The molecule has 0 spiro atoms. The fraction of sp³-hybridized carbons (Fsp3) is 0.941. The molecule has 1 fully saturated rings. The molecule has 1 aliphatic rings. The van der Waals surface area contributed by atoms with Crippen LogP contribution in [0.4, 0.5) is 0 Å². The highest BCUT2D eigenvalue weighted by atomic mass is 16.5. The van der Waals surface area contributed by atoms with E-state index < -0.39 is 0 Å². The van der Waals surface area contributed by atoms with Crippen LogP contribution < -0.4 is 5.32 Å². The van der Waals surface area contributed by atoms with Gasteiger partial charge in [0.25, 0.3) is 0 Å². The highest BCUT2D eigenvalue weighted by molar-refractivity contribution is 5.79. The highest BCUT2D eigenvalue weighted by Crippen LogP contribution is 2.21. The van der Waals surface area contributed by atoms with E-state index in [4.69, 9.17) is 4.74 Å². The van der Waals surface area contributed by atoms with E-state index in [1.807, 2.05) is 7.05 Å². The SMILES string of the molecule is CCN1CCCC1CN(C)C(=NC)NCC(OC)C(C)(C)C. The van der Waals surface area contributed by atoms with Gasteiger partial charge < -0.3 is 15.0 Å². The van der Waals surface area contributed by atoms with Crippen LogP contribution in [0.3, 0.4) is 0 Å². The Morgan fingerprint density at radius 3 is 2.64 bits per heavy atom. The van der Waals surface area contributed by atoms with Crippen molar-refractivity contribution in [2.45, 2.75) is 52.7 Å². The molecule has 0 aromatic rings. The van der Waals surface area contributed by atoms with Crippen molar-refractivity contribution < 1.29 is 4.74 Å². The van der Waals surface area contributed by atoms with Crippen molar-refractivity contribution in [2.75, 3.05) is 47.4 Å². The van der Waals surface area contributed by atoms with Gasteiger partial charge in [-0.05, 0) is 31.3 Å². The van der Waals surface area contributed by atoms with Gasteiger partial charge in [-0.25, -0.2) is 0 Å². The zero-order valence-corrected chi connectivity index (χ0v) is 15.6. The van der Waals surface area contributed by atoms with Crippen LogP contribution in [0, 0.1) is 5.41 Å². The molecule has 1 N–H and O–H groups in total. The molecule has 0 radical (unpaired) electrons. The number of nitrogens with zero attached hydrogens (tertiary/aromatic N) is 3. The first-order valence-electron chi connectivity index (χ1n) is 8.52. The van der Waals surface area contributed by atoms with Crippen molar-refractivity contribution in [3.63, 3.8) is 0 Å². The Kier molecular flexibility index (Phi) is 7.63. The lowest BCUT2D eigenvalue weighted by molar-refractivity contribution is 0.0201. The minimum atomic E-state index is 0.115. The second-order valence-corrected chi connectivity index (χ2v) is 7.32. The Morgan fingerprint density at radius 1 is 1.45 bits per heavy atom. The molecule has 0 amide bonds. The summed E-state index contributed by atoms with van der Waals surface area (Å²) in [6.07, 6.45) is 2.77. The molecule has 130 valence electrons. The topological polar surface area (TPSA) is 40.1 Å². The molecule has 1 heterocycles. The number of methoxy groups -OCH3 is 1. The number of likely N-dealkylation sites (tertiary alicyclic amines) is 1. The summed E-state index contributed by atoms with van der Waals surface area (Å²) < 4.78 is 5.61. The van der Waals surface area contributed by atoms with Gasteiger partial charge in [-0.3, -0.25) is 9.89 Å². The number of hydrogen-bond donors (Lipinski definition) is 1. The molecular weight excluding hydrogens is 276 g/mol. The molecular formula is C17H36N4O. The standard InChI is InChI=1S/C17H36N4O/c1-8-21-11-9-10-14(21)13-20(6)16(18-5)19-12-15(22-7)17(2,3)4/h14-15H,8-13H2,1-7H3,(H,18,19). The van der Waals surface area contributed by atoms with Gasteiger partial charge in [0.15, 0.2) is 5.96 Å². The van der Waals surface area contributed by atoms with Gasteiger partial charge in [0, 0.05) is 40.3 Å². The van der Waals surface area contributed by atoms with Crippen LogP contribution in [-0.2, 0) is 4.74 Å². The van der Waals surface area contributed by atoms with Crippen molar-refractivity contribution in [3.8, 4) is 0 Å². The third kappa shape index (κ3) is 5.43. The third-order valence-corrected chi connectivity index (χ3v) is 4.66. The first kappa shape index (κ1) is 19.2. The van der Waals surface area contributed by atoms with E-state index in [9.17, 15) is 0 Å². The Hall–Kier alpha value is -0.810. The summed E-state index contributed by atoms with van der Waals surface area (Å²) in [6.45, 7) is 13.0. The maximum absolute atomic E-state index is 5.61. The summed E-state index contributed by atoms with van der Waals surface area (Å²) >= 11 is 0. The van der Waals surface area contributed by atoms with Gasteiger partial charge in [-0.2, -0.15) is 0 Å². The lowest BCUT2D eigenvalue weighted by Gasteiger charge is -2.33. The van der Waals surface area contributed by atoms with Gasteiger partial charge >= 0.3 is 0 Å². The number of aliphatic imine (C=N–C) groups is 1. The van der Waals surface area contributed by atoms with E-state index >= 15 is 0 Å². The average molecular weight is 313 g/mol. The number of ether oxygens (including phenoxy) is 1. The molecule has 5 nitrogen and oxygen atoms in total. The molecule has 0 bridgehead atoms. The molecule has 22 heavy (non-hydrogen) atoms. The van der Waals surface area contributed by atoms with E-state index in [0.29, 0.717) is 6.04 Å². The predicted octanol–water partition coefficient (Wildman–Crippen LogP) is 2.04. The molecule has 2 unspecified atom stereocenters. The summed E-state index contributed by atoms with van der Waals surface area (Å²) in [5.74, 6) is 0.953. The Morgan fingerprint density at radius 2 is 2.14 bits per heavy atom. The summed E-state index contributed by atoms with van der Waals surface area (Å²) in [5, 5.41) is 3.47. The molecule has 0 aromatic carbocycles. The fourth-order valence-electron chi connectivity index (χ4n) is 3.23. The zero-order chi connectivity index (χ0) is 16.8. The minimum Gasteiger partial charge on any atom is -0.379 e. The van der Waals surface area contributed by atoms with Crippen molar-refractivity contribution in [1.29, 1.82) is 0 Å². The lowest BCUT2D eigenvalue weighted by Crippen LogP contribution is -2.49. The summed E-state index contributed by atoms with van der Waals surface area (Å²) in [6, 6.07) is 0.648. The van der Waals surface area contributed by atoms with E-state index in [-0.39, 0.29) is 11.5 Å². The van der Waals surface area contributed by atoms with Crippen LogP contribution in [0.5, 0.6) is 0 Å². The maximum atomic E-state index is 5.61. The number of guanidine groups is 1. The summed E-state index contributed by atoms with van der Waals surface area (Å²) in [7, 11) is 5.76. The Balaban J connectivity index is 2.53. The van der Waals surface area contributed by atoms with E-state index in [1.165, 1.54) is 19.4 Å². The fourth-order valence-corrected chi connectivity index (χ4v) is 3.23. The summed E-state index contributed by atoms with van der Waals surface area (Å²) in [5.41, 5.74) is 0.115. The second-order valence-electron chi connectivity index (χ2n) is 7.32. The van der Waals surface area contributed by atoms with Crippen molar-refractivity contribution in [2.24, 2.45) is 10.4 Å². The molecule has 1 aliphatic heterocycles. The van der Waals surface area contributed by atoms with Crippen LogP contribution in [0.15, 0.2) is 4.99 Å². The lowest BCUT2D eigenvalue weighted by atomic mass is 9.89. The third-order valence-electron chi connectivity index (χ3n) is 4.66. The summed E-state index contributed by atoms with van der Waals surface area (Å²) in [4.78, 5) is 9.24. The second kappa shape index (κ2) is 8.73. The number of nitrogens with one attached hydrogen (secondary N) is 1. The molecule has 2 atom stereocenters. The number of hydrogen-bond acceptors (Lipinski definition) is 3. The van der Waals surface area contributed by atoms with Gasteiger partial charge in [0.2, 0.25) is 0 Å². The average Bonchev–Trinajstić information content (AvgIpc) is 2.89. The monoisotopic (exact) mass is 312 g/mol. The minimum absolute atomic E-state index is 0.115. The van der Waals surface area contributed by atoms with E-state index in [2.05, 4.69) is 54.9 Å². The van der Waals surface area contributed by atoms with Crippen LogP contribution in [-0.4, -0.2) is 75.3 Å². The van der Waals surface area contributed by atoms with Crippen LogP contribution in [0.25, 0.3) is 0 Å². The molecule has 0 saturated carbocycles. The van der Waals surface area contributed by atoms with Crippen molar-refractivity contribution >= 4 is 5.96 Å². The van der Waals surface area contributed by atoms with Gasteiger partial charge in [-0.1, -0.05) is 27.7 Å². The van der Waals surface area contributed by atoms with Crippen LogP contribution in [0.1, 0.15) is 40.5 Å². The first-order chi connectivity index (χ1) is 10.3. The first-order valence-corrected chi connectivity index (χ1v) is 8.52. The van der Waals surface area contributed by atoms with E-state index in [0.717, 1.165) is 25.6 Å². The highest BCUT2D eigenvalue weighted by Gasteiger charge is 2.27. The van der Waals surface area contributed by atoms with Gasteiger partial charge in [0.1, 0.15) is 0 Å². The molecule has 5 heteroatoms. The smallest absolute Gasteiger partial charge is 0.193 e. The van der Waals surface area contributed by atoms with Gasteiger partial charge in [-0.15, -0.1) is 0 Å². The largest absolute Gasteiger partial charge is 0.379 e. The predicted molar refractivity (Wildman–Crippen MR) is 94.5 cm³/mol. The van der Waals surface area contributed by atoms with Crippen LogP contribution >= 0.6 is 0 Å².